The number of thioether (sulfide) groups is 1. The summed E-state index contributed by atoms with van der Waals surface area (Å²) < 4.78 is 2.74. The smallest absolute Gasteiger partial charge is 0.274 e. The summed E-state index contributed by atoms with van der Waals surface area (Å²) in [5.74, 6) is -0.561. The van der Waals surface area contributed by atoms with Gasteiger partial charge < -0.3 is 14.8 Å². The molecule has 0 aliphatic heterocycles. The average Bonchev–Trinajstić information content (AvgIpc) is 3.01. The molecule has 11 heteroatoms. The van der Waals surface area contributed by atoms with Crippen LogP contribution in [0.3, 0.4) is 0 Å². The molecule has 10 nitrogen and oxygen atoms in total. The minimum absolute atomic E-state index is 0.000759. The summed E-state index contributed by atoms with van der Waals surface area (Å²) in [6.07, 6.45) is 1.48. The van der Waals surface area contributed by atoms with Crippen molar-refractivity contribution in [3.63, 3.8) is 0 Å². The number of aromatic nitrogens is 5. The second kappa shape index (κ2) is 9.00. The molecule has 0 aliphatic carbocycles. The Morgan fingerprint density at radius 3 is 2.39 bits per heavy atom. The standard InChI is InChI=1S/C17H25N7O3S/c1-10(2)24(11(3)4)15(26)12-7-13(16(27)22(5)8-12)18-14(25)9-28-17-19-20-21-23(17)6/h7-8,10-11H,9H2,1-6H3,(H,18,25). The van der Waals surface area contributed by atoms with Crippen molar-refractivity contribution in [3.8, 4) is 0 Å². The van der Waals surface area contributed by atoms with Gasteiger partial charge in [0.1, 0.15) is 5.69 Å². The number of nitrogens with zero attached hydrogens (tertiary/aromatic N) is 6. The predicted octanol–water partition coefficient (Wildman–Crippen LogP) is 0.899. The molecular weight excluding hydrogens is 382 g/mol. The molecule has 0 aromatic carbocycles. The van der Waals surface area contributed by atoms with Gasteiger partial charge in [0.25, 0.3) is 11.5 Å². The van der Waals surface area contributed by atoms with E-state index in [9.17, 15) is 14.4 Å². The van der Waals surface area contributed by atoms with Crippen LogP contribution in [0.25, 0.3) is 0 Å². The van der Waals surface area contributed by atoms with Crippen molar-refractivity contribution in [2.75, 3.05) is 11.1 Å². The number of hydrogen-bond acceptors (Lipinski definition) is 7. The number of carbonyl (C=O) groups is 2. The Labute approximate surface area is 167 Å². The molecule has 1 N–H and O–H groups in total. The monoisotopic (exact) mass is 407 g/mol. The molecule has 0 saturated carbocycles. The lowest BCUT2D eigenvalue weighted by Gasteiger charge is -2.31. The summed E-state index contributed by atoms with van der Waals surface area (Å²) in [5.41, 5.74) is 0.00308. The third-order valence-corrected chi connectivity index (χ3v) is 4.98. The van der Waals surface area contributed by atoms with E-state index in [0.29, 0.717) is 10.7 Å². The van der Waals surface area contributed by atoms with Gasteiger partial charge in [-0.25, -0.2) is 4.68 Å². The number of aryl methyl sites for hydroxylation is 2. The van der Waals surface area contributed by atoms with Crippen molar-refractivity contribution in [1.82, 2.24) is 29.7 Å². The van der Waals surface area contributed by atoms with E-state index in [0.717, 1.165) is 11.8 Å². The average molecular weight is 408 g/mol. The molecule has 0 radical (unpaired) electrons. The predicted molar refractivity (Wildman–Crippen MR) is 106 cm³/mol. The molecule has 152 valence electrons. The largest absolute Gasteiger partial charge is 0.334 e. The summed E-state index contributed by atoms with van der Waals surface area (Å²) in [5, 5.41) is 14.0. The van der Waals surface area contributed by atoms with E-state index in [2.05, 4.69) is 20.8 Å². The molecule has 0 saturated heterocycles. The normalized spacial score (nSPS) is 11.1. The van der Waals surface area contributed by atoms with E-state index >= 15 is 0 Å². The van der Waals surface area contributed by atoms with E-state index < -0.39 is 5.56 Å². The fourth-order valence-corrected chi connectivity index (χ4v) is 3.44. The van der Waals surface area contributed by atoms with Gasteiger partial charge in [-0.1, -0.05) is 11.8 Å². The zero-order valence-corrected chi connectivity index (χ0v) is 17.6. The first-order valence-corrected chi connectivity index (χ1v) is 9.78. The van der Waals surface area contributed by atoms with Gasteiger partial charge in [-0.3, -0.25) is 14.4 Å². The summed E-state index contributed by atoms with van der Waals surface area (Å²) in [7, 11) is 3.21. The van der Waals surface area contributed by atoms with Gasteiger partial charge in [0.05, 0.1) is 11.3 Å². The highest BCUT2D eigenvalue weighted by molar-refractivity contribution is 7.99. The second-order valence-corrected chi connectivity index (χ2v) is 7.82. The van der Waals surface area contributed by atoms with Gasteiger partial charge in [0, 0.05) is 32.4 Å². The van der Waals surface area contributed by atoms with Crippen LogP contribution in [0.15, 0.2) is 22.2 Å². The van der Waals surface area contributed by atoms with Gasteiger partial charge in [-0.2, -0.15) is 0 Å². The first-order chi connectivity index (χ1) is 13.1. The van der Waals surface area contributed by atoms with E-state index in [4.69, 9.17) is 0 Å². The fourth-order valence-electron chi connectivity index (χ4n) is 2.79. The molecule has 2 rings (SSSR count). The fraction of sp³-hybridized carbons (Fsp3) is 0.529. The van der Waals surface area contributed by atoms with Gasteiger partial charge in [-0.15, -0.1) is 5.10 Å². The number of pyridine rings is 1. The van der Waals surface area contributed by atoms with Crippen LogP contribution in [0.5, 0.6) is 0 Å². The van der Waals surface area contributed by atoms with Crippen LogP contribution in [0, 0.1) is 0 Å². The highest BCUT2D eigenvalue weighted by Crippen LogP contribution is 2.15. The topological polar surface area (TPSA) is 115 Å². The summed E-state index contributed by atoms with van der Waals surface area (Å²) >= 11 is 1.15. The van der Waals surface area contributed by atoms with Crippen LogP contribution in [-0.2, 0) is 18.9 Å². The highest BCUT2D eigenvalue weighted by atomic mass is 32.2. The first kappa shape index (κ1) is 21.6. The number of nitrogens with one attached hydrogen (secondary N) is 1. The number of anilines is 1. The molecule has 2 aromatic rings. The van der Waals surface area contributed by atoms with Crippen LogP contribution < -0.4 is 10.9 Å². The van der Waals surface area contributed by atoms with Crippen molar-refractivity contribution >= 4 is 29.3 Å². The number of amides is 2. The number of carbonyl (C=O) groups excluding carboxylic acids is 2. The molecule has 28 heavy (non-hydrogen) atoms. The molecular formula is C17H25N7O3S. The molecule has 2 heterocycles. The number of rotatable bonds is 7. The van der Waals surface area contributed by atoms with E-state index in [1.807, 2.05) is 27.7 Å². The van der Waals surface area contributed by atoms with Gasteiger partial charge >= 0.3 is 0 Å². The van der Waals surface area contributed by atoms with E-state index in [1.165, 1.54) is 21.5 Å². The van der Waals surface area contributed by atoms with Crippen LogP contribution in [0.2, 0.25) is 0 Å². The summed E-state index contributed by atoms with van der Waals surface area (Å²) in [4.78, 5) is 39.3. The molecule has 0 aliphatic rings. The maximum atomic E-state index is 12.9. The lowest BCUT2D eigenvalue weighted by atomic mass is 10.1. The Bertz CT molecular complexity index is 912. The Kier molecular flexibility index (Phi) is 6.95. The van der Waals surface area contributed by atoms with Gasteiger partial charge in [0.2, 0.25) is 11.1 Å². The Balaban J connectivity index is 2.20. The number of tetrazole rings is 1. The minimum Gasteiger partial charge on any atom is -0.334 e. The SMILES string of the molecule is CC(C)N(C(=O)c1cc(NC(=O)CSc2nnnn2C)c(=O)n(C)c1)C(C)C. The van der Waals surface area contributed by atoms with Crippen LogP contribution in [0.1, 0.15) is 38.1 Å². The third kappa shape index (κ3) is 4.97. The molecule has 0 spiro atoms. The molecule has 2 amide bonds. The van der Waals surface area contributed by atoms with E-state index in [-0.39, 0.29) is 35.3 Å². The molecule has 0 bridgehead atoms. The Morgan fingerprint density at radius 1 is 1.21 bits per heavy atom. The zero-order valence-electron chi connectivity index (χ0n) is 16.8. The lowest BCUT2D eigenvalue weighted by Crippen LogP contribution is -2.42. The van der Waals surface area contributed by atoms with Crippen molar-refractivity contribution in [2.45, 2.75) is 44.9 Å². The van der Waals surface area contributed by atoms with Crippen molar-refractivity contribution < 1.29 is 9.59 Å². The third-order valence-electron chi connectivity index (χ3n) is 3.97. The van der Waals surface area contributed by atoms with Crippen LogP contribution in [-0.4, -0.2) is 59.3 Å². The Hall–Kier alpha value is -2.69. The quantitative estimate of drug-likeness (QED) is 0.678. The lowest BCUT2D eigenvalue weighted by molar-refractivity contribution is -0.113. The van der Waals surface area contributed by atoms with Crippen LogP contribution in [0.4, 0.5) is 5.69 Å². The van der Waals surface area contributed by atoms with Gasteiger partial charge in [-0.05, 0) is 44.2 Å². The number of hydrogen-bond donors (Lipinski definition) is 1. The molecule has 0 unspecified atom stereocenters. The summed E-state index contributed by atoms with van der Waals surface area (Å²) in [6.45, 7) is 7.73. The zero-order chi connectivity index (χ0) is 21.0. The van der Waals surface area contributed by atoms with Gasteiger partial charge in [0.15, 0.2) is 0 Å². The second-order valence-electron chi connectivity index (χ2n) is 6.88. The van der Waals surface area contributed by atoms with Crippen molar-refractivity contribution in [3.05, 3.63) is 28.2 Å². The maximum absolute atomic E-state index is 12.9. The van der Waals surface area contributed by atoms with Crippen LogP contribution >= 0.6 is 11.8 Å². The summed E-state index contributed by atoms with van der Waals surface area (Å²) in [6, 6.07) is 1.42. The van der Waals surface area contributed by atoms with Crippen molar-refractivity contribution in [1.29, 1.82) is 0 Å². The van der Waals surface area contributed by atoms with Crippen molar-refractivity contribution in [2.24, 2.45) is 14.1 Å². The first-order valence-electron chi connectivity index (χ1n) is 8.80. The van der Waals surface area contributed by atoms with E-state index in [1.54, 1.807) is 19.0 Å². The molecule has 2 aromatic heterocycles. The maximum Gasteiger partial charge on any atom is 0.274 e. The molecule has 0 fully saturated rings. The highest BCUT2D eigenvalue weighted by Gasteiger charge is 2.23. The minimum atomic E-state index is -0.393. The molecule has 0 atom stereocenters. The Morgan fingerprint density at radius 2 is 1.86 bits per heavy atom.